The third-order valence-corrected chi connectivity index (χ3v) is 1.74. The van der Waals surface area contributed by atoms with E-state index in [1.807, 2.05) is 20.8 Å². The number of hydrogen-bond donors (Lipinski definition) is 1. The van der Waals surface area contributed by atoms with Crippen molar-refractivity contribution in [2.75, 3.05) is 0 Å². The second-order valence-corrected chi connectivity index (χ2v) is 2.62. The topological polar surface area (TPSA) is 37.3 Å². The maximum absolute atomic E-state index is 10.5. The van der Waals surface area contributed by atoms with Gasteiger partial charge in [-0.15, -0.1) is 0 Å². The average molecular weight is 180 g/mol. The summed E-state index contributed by atoms with van der Waals surface area (Å²) in [6.07, 6.45) is 5.02. The Bertz CT molecular complexity index is 259. The first-order chi connectivity index (χ1) is 6.11. The van der Waals surface area contributed by atoms with Crippen molar-refractivity contribution in [1.82, 2.24) is 0 Å². The van der Waals surface area contributed by atoms with Crippen LogP contribution in [0.2, 0.25) is 0 Å². The van der Waals surface area contributed by atoms with Gasteiger partial charge in [0.2, 0.25) is 0 Å². The van der Waals surface area contributed by atoms with Gasteiger partial charge in [-0.25, -0.2) is 4.79 Å². The Hall–Kier alpha value is -1.31. The highest BCUT2D eigenvalue weighted by molar-refractivity contribution is 5.90. The molecule has 72 valence electrons. The molecule has 1 rings (SSSR count). The van der Waals surface area contributed by atoms with Crippen LogP contribution in [0, 0.1) is 5.92 Å². The lowest BCUT2D eigenvalue weighted by Gasteiger charge is -2.11. The van der Waals surface area contributed by atoms with Crippen molar-refractivity contribution in [3.05, 3.63) is 36.0 Å². The zero-order chi connectivity index (χ0) is 10.4. The number of hydrogen-bond acceptors (Lipinski definition) is 1. The second-order valence-electron chi connectivity index (χ2n) is 2.62. The SMILES string of the molecule is C=C1C=CC(C(=O)O)=CC1C.CC. The first-order valence-electron chi connectivity index (χ1n) is 4.43. The van der Waals surface area contributed by atoms with E-state index in [1.54, 1.807) is 18.2 Å². The van der Waals surface area contributed by atoms with Crippen molar-refractivity contribution >= 4 is 5.97 Å². The number of rotatable bonds is 1. The van der Waals surface area contributed by atoms with Crippen LogP contribution in [0.5, 0.6) is 0 Å². The molecule has 2 heteroatoms. The highest BCUT2D eigenvalue weighted by Crippen LogP contribution is 2.19. The van der Waals surface area contributed by atoms with Crippen molar-refractivity contribution in [2.24, 2.45) is 5.92 Å². The first-order valence-corrected chi connectivity index (χ1v) is 4.43. The highest BCUT2D eigenvalue weighted by Gasteiger charge is 2.11. The summed E-state index contributed by atoms with van der Waals surface area (Å²) in [6, 6.07) is 0. The van der Waals surface area contributed by atoms with Crippen LogP contribution in [-0.2, 0) is 4.79 Å². The van der Waals surface area contributed by atoms with Gasteiger partial charge in [0.25, 0.3) is 0 Å². The summed E-state index contributed by atoms with van der Waals surface area (Å²) >= 11 is 0. The van der Waals surface area contributed by atoms with E-state index in [1.165, 1.54) is 0 Å². The van der Waals surface area contributed by atoms with Gasteiger partial charge in [0.15, 0.2) is 0 Å². The van der Waals surface area contributed by atoms with Gasteiger partial charge in [-0.2, -0.15) is 0 Å². The molecule has 0 heterocycles. The van der Waals surface area contributed by atoms with E-state index in [9.17, 15) is 4.79 Å². The molecule has 0 saturated heterocycles. The lowest BCUT2D eigenvalue weighted by molar-refractivity contribution is -0.132. The van der Waals surface area contributed by atoms with E-state index in [2.05, 4.69) is 6.58 Å². The summed E-state index contributed by atoms with van der Waals surface area (Å²) in [5.41, 5.74) is 1.31. The first kappa shape index (κ1) is 11.7. The Balaban J connectivity index is 0.000000671. The summed E-state index contributed by atoms with van der Waals surface area (Å²) in [5, 5.41) is 8.59. The van der Waals surface area contributed by atoms with Gasteiger partial charge < -0.3 is 5.11 Å². The summed E-state index contributed by atoms with van der Waals surface area (Å²) in [5.74, 6) is -0.730. The predicted octanol–water partition coefficient (Wildman–Crippen LogP) is 2.79. The van der Waals surface area contributed by atoms with Gasteiger partial charge in [0, 0.05) is 0 Å². The van der Waals surface area contributed by atoms with Crippen molar-refractivity contribution in [3.63, 3.8) is 0 Å². The van der Waals surface area contributed by atoms with Crippen molar-refractivity contribution in [2.45, 2.75) is 20.8 Å². The molecule has 13 heavy (non-hydrogen) atoms. The second kappa shape index (κ2) is 5.36. The van der Waals surface area contributed by atoms with Gasteiger partial charge in [0.05, 0.1) is 5.57 Å². The Labute approximate surface area is 79.3 Å². The zero-order valence-corrected chi connectivity index (χ0v) is 8.37. The highest BCUT2D eigenvalue weighted by atomic mass is 16.4. The van der Waals surface area contributed by atoms with E-state index in [0.717, 1.165) is 5.57 Å². The number of carbonyl (C=O) groups is 1. The lowest BCUT2D eigenvalue weighted by Crippen LogP contribution is -2.05. The fraction of sp³-hybridized carbons (Fsp3) is 0.364. The lowest BCUT2D eigenvalue weighted by atomic mass is 9.94. The largest absolute Gasteiger partial charge is 0.478 e. The quantitative estimate of drug-likeness (QED) is 0.673. The van der Waals surface area contributed by atoms with Crippen LogP contribution >= 0.6 is 0 Å². The molecule has 0 aromatic heterocycles. The molecule has 1 unspecified atom stereocenters. The monoisotopic (exact) mass is 180 g/mol. The van der Waals surface area contributed by atoms with E-state index < -0.39 is 5.97 Å². The third kappa shape index (κ3) is 3.28. The third-order valence-electron chi connectivity index (χ3n) is 1.74. The summed E-state index contributed by atoms with van der Waals surface area (Å²) < 4.78 is 0. The van der Waals surface area contributed by atoms with Gasteiger partial charge in [-0.3, -0.25) is 0 Å². The molecular weight excluding hydrogens is 164 g/mol. The maximum atomic E-state index is 10.5. The molecule has 2 nitrogen and oxygen atoms in total. The number of carboxylic acid groups (broad SMARTS) is 1. The summed E-state index contributed by atoms with van der Waals surface area (Å²) in [6.45, 7) is 9.69. The van der Waals surface area contributed by atoms with Gasteiger partial charge >= 0.3 is 5.97 Å². The standard InChI is InChI=1S/C9H10O2.C2H6/c1-6-3-4-8(9(10)11)5-7(6)2;1-2/h3-5,7H,1H2,2H3,(H,10,11);1-2H3. The van der Waals surface area contributed by atoms with Crippen LogP contribution < -0.4 is 0 Å². The van der Waals surface area contributed by atoms with Gasteiger partial charge in [-0.1, -0.05) is 39.5 Å². The van der Waals surface area contributed by atoms with Crippen LogP contribution in [-0.4, -0.2) is 11.1 Å². The van der Waals surface area contributed by atoms with E-state index in [0.29, 0.717) is 5.57 Å². The van der Waals surface area contributed by atoms with E-state index >= 15 is 0 Å². The molecular formula is C11H16O2. The van der Waals surface area contributed by atoms with Crippen LogP contribution in [0.25, 0.3) is 0 Å². The minimum atomic E-state index is -0.874. The molecule has 0 spiro atoms. The Morgan fingerprint density at radius 1 is 1.46 bits per heavy atom. The molecule has 0 aliphatic heterocycles. The van der Waals surface area contributed by atoms with Gasteiger partial charge in [0.1, 0.15) is 0 Å². The molecule has 0 radical (unpaired) electrons. The molecule has 1 N–H and O–H groups in total. The van der Waals surface area contributed by atoms with Crippen LogP contribution in [0.4, 0.5) is 0 Å². The number of aliphatic carboxylic acids is 1. The Morgan fingerprint density at radius 3 is 2.38 bits per heavy atom. The van der Waals surface area contributed by atoms with E-state index in [4.69, 9.17) is 5.11 Å². The van der Waals surface area contributed by atoms with Crippen molar-refractivity contribution in [1.29, 1.82) is 0 Å². The summed E-state index contributed by atoms with van der Waals surface area (Å²) in [4.78, 5) is 10.5. The predicted molar refractivity (Wildman–Crippen MR) is 54.5 cm³/mol. The molecule has 1 aliphatic rings. The average Bonchev–Trinajstić information content (AvgIpc) is 2.13. The van der Waals surface area contributed by atoms with Crippen LogP contribution in [0.15, 0.2) is 36.0 Å². The fourth-order valence-electron chi connectivity index (χ4n) is 0.923. The molecule has 0 amide bonds. The molecule has 0 saturated carbocycles. The zero-order valence-electron chi connectivity index (χ0n) is 8.37. The van der Waals surface area contributed by atoms with Crippen molar-refractivity contribution < 1.29 is 9.90 Å². The molecule has 0 fully saturated rings. The normalized spacial score (nSPS) is 20.1. The van der Waals surface area contributed by atoms with Crippen LogP contribution in [0.1, 0.15) is 20.8 Å². The number of allylic oxidation sites excluding steroid dienone is 3. The smallest absolute Gasteiger partial charge is 0.335 e. The number of carboxylic acids is 1. The summed E-state index contributed by atoms with van der Waals surface area (Å²) in [7, 11) is 0. The maximum Gasteiger partial charge on any atom is 0.335 e. The molecule has 1 atom stereocenters. The molecule has 0 aromatic carbocycles. The fourth-order valence-corrected chi connectivity index (χ4v) is 0.923. The minimum absolute atomic E-state index is 0.145. The van der Waals surface area contributed by atoms with Gasteiger partial charge in [-0.05, 0) is 17.6 Å². The van der Waals surface area contributed by atoms with Crippen molar-refractivity contribution in [3.8, 4) is 0 Å². The minimum Gasteiger partial charge on any atom is -0.478 e. The van der Waals surface area contributed by atoms with Crippen LogP contribution in [0.3, 0.4) is 0 Å². The Kier molecular flexibility index (Phi) is 4.82. The molecule has 0 bridgehead atoms. The Morgan fingerprint density at radius 2 is 2.00 bits per heavy atom. The molecule has 1 aliphatic carbocycles. The molecule has 0 aromatic rings. The van der Waals surface area contributed by atoms with E-state index in [-0.39, 0.29) is 5.92 Å².